The summed E-state index contributed by atoms with van der Waals surface area (Å²) < 4.78 is 10.0. The molecule has 0 bridgehead atoms. The first kappa shape index (κ1) is 33.4. The van der Waals surface area contributed by atoms with E-state index in [1.165, 1.54) is 103 Å². The topological polar surface area (TPSA) is 102 Å². The number of unbranched alkanes of at least 4 members (excludes halogenated alkanes) is 18. The molecule has 1 amide bonds. The molecule has 0 radical (unpaired) electrons. The third-order valence-electron chi connectivity index (χ3n) is 7.12. The Bertz CT molecular complexity index is 597. The lowest BCUT2D eigenvalue weighted by molar-refractivity contribution is -0.154. The predicted octanol–water partition coefficient (Wildman–Crippen LogP) is 6.53. The van der Waals surface area contributed by atoms with Crippen LogP contribution in [0.3, 0.4) is 0 Å². The normalized spacial score (nSPS) is 15.9. The van der Waals surface area contributed by atoms with Gasteiger partial charge in [0.15, 0.2) is 0 Å². The van der Waals surface area contributed by atoms with Crippen molar-refractivity contribution in [3.63, 3.8) is 0 Å². The Morgan fingerprint density at radius 2 is 1.19 bits per heavy atom. The molecule has 1 aliphatic rings. The minimum atomic E-state index is -1.06. The Balaban J connectivity index is 1.78. The van der Waals surface area contributed by atoms with Gasteiger partial charge in [-0.05, 0) is 12.8 Å². The number of aliphatic hydroxyl groups excluding tert-OH is 1. The van der Waals surface area contributed by atoms with E-state index < -0.39 is 18.1 Å². The summed E-state index contributed by atoms with van der Waals surface area (Å²) in [5.74, 6) is -1.07. The highest BCUT2D eigenvalue weighted by Crippen LogP contribution is 2.15. The summed E-state index contributed by atoms with van der Waals surface area (Å²) in [7, 11) is 0. The van der Waals surface area contributed by atoms with Gasteiger partial charge in [0.1, 0.15) is 25.4 Å². The third kappa shape index (κ3) is 20.1. The van der Waals surface area contributed by atoms with E-state index in [1.54, 1.807) is 0 Å². The molecule has 0 aromatic carbocycles. The number of ether oxygens (including phenoxy) is 2. The van der Waals surface area contributed by atoms with Gasteiger partial charge in [0.05, 0.1) is 0 Å². The molecule has 1 rings (SSSR count). The van der Waals surface area contributed by atoms with Crippen molar-refractivity contribution in [2.45, 2.75) is 160 Å². The maximum atomic E-state index is 11.8. The fraction of sp³-hybridized carbons (Fsp3) is 0.900. The van der Waals surface area contributed by atoms with Crippen molar-refractivity contribution in [1.29, 1.82) is 0 Å². The lowest BCUT2D eigenvalue weighted by Crippen LogP contribution is -2.36. The molecule has 37 heavy (non-hydrogen) atoms. The number of carbonyl (C=O) groups is 3. The van der Waals surface area contributed by atoms with E-state index in [2.05, 4.69) is 12.2 Å². The lowest BCUT2D eigenvalue weighted by atomic mass is 10.0. The summed E-state index contributed by atoms with van der Waals surface area (Å²) in [4.78, 5) is 34.7. The number of carbonyl (C=O) groups excluding carboxylic acids is 3. The summed E-state index contributed by atoms with van der Waals surface area (Å²) in [5.41, 5.74) is 0. The summed E-state index contributed by atoms with van der Waals surface area (Å²) in [6.07, 6.45) is 24.9. The molecule has 1 saturated heterocycles. The molecular weight excluding hydrogens is 470 g/mol. The predicted molar refractivity (Wildman–Crippen MR) is 147 cm³/mol. The van der Waals surface area contributed by atoms with Crippen molar-refractivity contribution in [3.05, 3.63) is 0 Å². The maximum absolute atomic E-state index is 11.8. The Morgan fingerprint density at radius 1 is 0.757 bits per heavy atom. The molecule has 2 atom stereocenters. The fourth-order valence-corrected chi connectivity index (χ4v) is 4.73. The van der Waals surface area contributed by atoms with Crippen LogP contribution in [0, 0.1) is 0 Å². The van der Waals surface area contributed by atoms with Gasteiger partial charge in [0, 0.05) is 12.8 Å². The molecule has 7 nitrogen and oxygen atoms in total. The van der Waals surface area contributed by atoms with Crippen molar-refractivity contribution in [2.75, 3.05) is 13.2 Å². The average molecular weight is 526 g/mol. The van der Waals surface area contributed by atoms with Gasteiger partial charge in [-0.15, -0.1) is 0 Å². The van der Waals surface area contributed by atoms with E-state index in [4.69, 9.17) is 9.47 Å². The average Bonchev–Trinajstić information content (AvgIpc) is 3.33. The lowest BCUT2D eigenvalue weighted by Gasteiger charge is -2.14. The van der Waals surface area contributed by atoms with Crippen molar-refractivity contribution < 1.29 is 29.0 Å². The molecule has 0 aromatic rings. The van der Waals surface area contributed by atoms with Crippen LogP contribution < -0.4 is 5.32 Å². The number of esters is 2. The zero-order valence-electron chi connectivity index (χ0n) is 23.6. The number of amides is 1. The molecule has 0 aliphatic carbocycles. The van der Waals surface area contributed by atoms with Gasteiger partial charge in [-0.2, -0.15) is 0 Å². The Morgan fingerprint density at radius 3 is 1.62 bits per heavy atom. The monoisotopic (exact) mass is 525 g/mol. The van der Waals surface area contributed by atoms with Crippen molar-refractivity contribution in [3.8, 4) is 0 Å². The van der Waals surface area contributed by atoms with Gasteiger partial charge in [-0.25, -0.2) is 4.79 Å². The number of aliphatic hydroxyl groups is 1. The second-order valence-electron chi connectivity index (χ2n) is 10.7. The number of nitrogens with one attached hydrogen (secondary N) is 1. The van der Waals surface area contributed by atoms with Gasteiger partial charge < -0.3 is 19.9 Å². The molecule has 1 fully saturated rings. The van der Waals surface area contributed by atoms with Crippen molar-refractivity contribution in [2.24, 2.45) is 0 Å². The zero-order chi connectivity index (χ0) is 27.0. The molecule has 2 N–H and O–H groups in total. The highest BCUT2D eigenvalue weighted by atomic mass is 16.6. The Hall–Kier alpha value is -1.63. The van der Waals surface area contributed by atoms with E-state index in [9.17, 15) is 19.5 Å². The molecular formula is C30H55NO6. The molecule has 1 aliphatic heterocycles. The van der Waals surface area contributed by atoms with Gasteiger partial charge in [0.2, 0.25) is 5.91 Å². The van der Waals surface area contributed by atoms with Crippen LogP contribution in [-0.2, 0) is 23.9 Å². The number of hydrogen-bond donors (Lipinski definition) is 2. The molecule has 1 heterocycles. The molecule has 7 heteroatoms. The first-order valence-electron chi connectivity index (χ1n) is 15.3. The van der Waals surface area contributed by atoms with Crippen LogP contribution in [0.5, 0.6) is 0 Å². The van der Waals surface area contributed by atoms with E-state index in [0.717, 1.165) is 19.3 Å². The summed E-state index contributed by atoms with van der Waals surface area (Å²) in [6, 6.07) is -0.642. The SMILES string of the molecule is CCCCCCCCCCCCCCCCCCCCCC(=O)OCC(O)COC(=O)[C@H]1CCC(=O)N1. The molecule has 0 saturated carbocycles. The molecule has 216 valence electrons. The number of hydrogen-bond acceptors (Lipinski definition) is 6. The second kappa shape index (κ2) is 23.5. The Labute approximate surface area is 225 Å². The quantitative estimate of drug-likeness (QED) is 0.104. The van der Waals surface area contributed by atoms with Crippen LogP contribution in [0.25, 0.3) is 0 Å². The van der Waals surface area contributed by atoms with Gasteiger partial charge in [-0.1, -0.05) is 122 Å². The van der Waals surface area contributed by atoms with Crippen molar-refractivity contribution >= 4 is 17.8 Å². The summed E-state index contributed by atoms with van der Waals surface area (Å²) in [5, 5.41) is 12.3. The van der Waals surface area contributed by atoms with Crippen LogP contribution in [0.1, 0.15) is 148 Å². The van der Waals surface area contributed by atoms with Crippen LogP contribution in [0.15, 0.2) is 0 Å². The van der Waals surface area contributed by atoms with Gasteiger partial charge in [-0.3, -0.25) is 9.59 Å². The molecule has 0 aromatic heterocycles. The first-order valence-corrected chi connectivity index (χ1v) is 15.3. The van der Waals surface area contributed by atoms with Crippen LogP contribution in [0.4, 0.5) is 0 Å². The Kier molecular flexibility index (Phi) is 21.2. The largest absolute Gasteiger partial charge is 0.463 e. The highest BCUT2D eigenvalue weighted by Gasteiger charge is 2.28. The molecule has 0 spiro atoms. The second-order valence-corrected chi connectivity index (χ2v) is 10.7. The standard InChI is InChI=1S/C30H55NO6/c1-2-3-4-5-6-7-8-9-10-11-12-13-14-15-16-17-18-19-20-21-29(34)36-24-26(32)25-37-30(35)27-22-23-28(33)31-27/h26-27,32H,2-25H2,1H3,(H,31,33)/t26?,27-/m1/s1. The summed E-state index contributed by atoms with van der Waals surface area (Å²) >= 11 is 0. The molecule has 1 unspecified atom stereocenters. The van der Waals surface area contributed by atoms with E-state index in [-0.39, 0.29) is 25.1 Å². The minimum Gasteiger partial charge on any atom is -0.463 e. The van der Waals surface area contributed by atoms with E-state index >= 15 is 0 Å². The smallest absolute Gasteiger partial charge is 0.328 e. The van der Waals surface area contributed by atoms with E-state index in [1.807, 2.05) is 0 Å². The maximum Gasteiger partial charge on any atom is 0.328 e. The van der Waals surface area contributed by atoms with Crippen LogP contribution >= 0.6 is 0 Å². The van der Waals surface area contributed by atoms with Crippen molar-refractivity contribution in [1.82, 2.24) is 5.32 Å². The first-order chi connectivity index (χ1) is 18.0. The van der Waals surface area contributed by atoms with E-state index in [0.29, 0.717) is 19.3 Å². The summed E-state index contributed by atoms with van der Waals surface area (Å²) in [6.45, 7) is 1.83. The fourth-order valence-electron chi connectivity index (χ4n) is 4.73. The van der Waals surface area contributed by atoms with Crippen LogP contribution in [-0.4, -0.2) is 48.3 Å². The zero-order valence-corrected chi connectivity index (χ0v) is 23.6. The third-order valence-corrected chi connectivity index (χ3v) is 7.12. The highest BCUT2D eigenvalue weighted by molar-refractivity contribution is 5.88. The van der Waals surface area contributed by atoms with Gasteiger partial charge in [0.25, 0.3) is 0 Å². The number of rotatable bonds is 25. The van der Waals surface area contributed by atoms with Crippen LogP contribution in [0.2, 0.25) is 0 Å². The van der Waals surface area contributed by atoms with Gasteiger partial charge >= 0.3 is 11.9 Å². The minimum absolute atomic E-state index is 0.175.